The average molecular weight is 441 g/mol. The minimum atomic E-state index is -2.91. The topological polar surface area (TPSA) is 72.2 Å². The first-order valence-electron chi connectivity index (χ1n) is 9.86. The first kappa shape index (κ1) is 23.0. The molecular weight excluding hydrogens is 419 g/mol. The van der Waals surface area contributed by atoms with Gasteiger partial charge in [0.05, 0.1) is 29.9 Å². The molecule has 1 aromatic carbocycles. The summed E-state index contributed by atoms with van der Waals surface area (Å²) in [6, 6.07) is 4.85. The summed E-state index contributed by atoms with van der Waals surface area (Å²) in [7, 11) is 1.83. The summed E-state index contributed by atoms with van der Waals surface area (Å²) in [6.45, 7) is 5.00. The largest absolute Gasteiger partial charge is 0.345 e. The van der Waals surface area contributed by atoms with Crippen LogP contribution in [0.4, 0.5) is 13.2 Å². The van der Waals surface area contributed by atoms with Gasteiger partial charge in [-0.3, -0.25) is 9.79 Å². The molecule has 0 radical (unpaired) electrons. The van der Waals surface area contributed by atoms with Gasteiger partial charge in [-0.15, -0.1) is 0 Å². The number of nitrogens with zero attached hydrogens (tertiary/aromatic N) is 4. The van der Waals surface area contributed by atoms with Crippen molar-refractivity contribution < 1.29 is 18.0 Å². The molecule has 6 nitrogen and oxygen atoms in total. The number of nitrogens with one attached hydrogen (secondary N) is 1. The summed E-state index contributed by atoms with van der Waals surface area (Å²) in [4.78, 5) is 24.3. The van der Waals surface area contributed by atoms with Gasteiger partial charge in [-0.25, -0.2) is 23.1 Å². The molecule has 0 bridgehead atoms. The lowest BCUT2D eigenvalue weighted by Crippen LogP contribution is -2.19. The number of amides is 1. The second-order valence-corrected chi connectivity index (χ2v) is 7.20. The maximum atomic E-state index is 14.6. The monoisotopic (exact) mass is 441 g/mol. The number of fused-ring (bicyclic) bond motifs is 1. The minimum absolute atomic E-state index is 0.0630. The van der Waals surface area contributed by atoms with E-state index in [4.69, 9.17) is 0 Å². The number of benzene rings is 1. The van der Waals surface area contributed by atoms with Crippen molar-refractivity contribution in [3.05, 3.63) is 64.4 Å². The third-order valence-corrected chi connectivity index (χ3v) is 4.94. The SMILES string of the molecule is CC(=O)NCC#Cc1cc2/c(=N/[C@H](C)c3cccc(C(F)F)c3F)nc(C)n(C)c2cn1. The fraction of sp³-hybridized carbons (Fsp3) is 0.304. The Bertz CT molecular complexity index is 1300. The van der Waals surface area contributed by atoms with Crippen LogP contribution in [0.5, 0.6) is 0 Å². The number of halogens is 3. The zero-order chi connectivity index (χ0) is 23.4. The second kappa shape index (κ2) is 9.64. The lowest BCUT2D eigenvalue weighted by Gasteiger charge is -2.13. The average Bonchev–Trinajstić information content (AvgIpc) is 2.74. The van der Waals surface area contributed by atoms with Gasteiger partial charge in [0.25, 0.3) is 6.43 Å². The van der Waals surface area contributed by atoms with E-state index in [1.807, 2.05) is 11.6 Å². The molecule has 0 unspecified atom stereocenters. The van der Waals surface area contributed by atoms with Gasteiger partial charge in [0, 0.05) is 24.9 Å². The van der Waals surface area contributed by atoms with E-state index in [1.54, 1.807) is 26.1 Å². The van der Waals surface area contributed by atoms with Crippen molar-refractivity contribution in [3.8, 4) is 11.8 Å². The molecule has 166 valence electrons. The number of alkyl halides is 2. The van der Waals surface area contributed by atoms with Gasteiger partial charge in [-0.05, 0) is 25.8 Å². The van der Waals surface area contributed by atoms with E-state index in [1.165, 1.54) is 19.1 Å². The Morgan fingerprint density at radius 1 is 1.31 bits per heavy atom. The van der Waals surface area contributed by atoms with Crippen molar-refractivity contribution in [1.82, 2.24) is 19.9 Å². The lowest BCUT2D eigenvalue weighted by atomic mass is 10.0. The molecule has 0 saturated carbocycles. The quantitative estimate of drug-likeness (QED) is 0.630. The highest BCUT2D eigenvalue weighted by Gasteiger charge is 2.19. The summed E-state index contributed by atoms with van der Waals surface area (Å²) in [5.74, 6) is 5.18. The standard InChI is InChI=1S/C23H22F3N5O/c1-13(17-8-5-9-18(21(17)24)22(25)26)29-23-19-11-16(7-6-10-27-15(3)32)28-12-20(19)31(4)14(2)30-23/h5,8-9,11-13,22H,10H2,1-4H3,(H,27,32)/b29-23-/t13-/m1/s1. The van der Waals surface area contributed by atoms with E-state index >= 15 is 0 Å². The van der Waals surface area contributed by atoms with Gasteiger partial charge in [0.15, 0.2) is 5.49 Å². The molecule has 1 amide bonds. The summed E-state index contributed by atoms with van der Waals surface area (Å²) in [6.07, 6.45) is -1.28. The number of aromatic nitrogens is 3. The van der Waals surface area contributed by atoms with E-state index in [9.17, 15) is 18.0 Å². The molecule has 2 aromatic heterocycles. The zero-order valence-electron chi connectivity index (χ0n) is 18.1. The molecule has 1 atom stereocenters. The van der Waals surface area contributed by atoms with Crippen LogP contribution in [0.1, 0.15) is 49.0 Å². The molecule has 0 aliphatic heterocycles. The Labute approximate surface area is 183 Å². The van der Waals surface area contributed by atoms with Crippen LogP contribution >= 0.6 is 0 Å². The van der Waals surface area contributed by atoms with Crippen molar-refractivity contribution in [1.29, 1.82) is 0 Å². The van der Waals surface area contributed by atoms with Crippen LogP contribution in [0.3, 0.4) is 0 Å². The van der Waals surface area contributed by atoms with Crippen LogP contribution in [0.15, 0.2) is 35.5 Å². The minimum Gasteiger partial charge on any atom is -0.345 e. The summed E-state index contributed by atoms with van der Waals surface area (Å²) in [5.41, 5.74) is 0.922. The van der Waals surface area contributed by atoms with E-state index in [0.29, 0.717) is 22.4 Å². The number of rotatable bonds is 4. The number of hydrogen-bond donors (Lipinski definition) is 1. The Balaban J connectivity index is 2.11. The molecule has 3 aromatic rings. The predicted octanol–water partition coefficient (Wildman–Crippen LogP) is 3.50. The summed E-state index contributed by atoms with van der Waals surface area (Å²) < 4.78 is 42.6. The Kier molecular flexibility index (Phi) is 6.93. The first-order chi connectivity index (χ1) is 15.2. The molecule has 0 aliphatic rings. The molecule has 0 saturated heterocycles. The van der Waals surface area contributed by atoms with E-state index < -0.39 is 23.8 Å². The highest BCUT2D eigenvalue weighted by Crippen LogP contribution is 2.28. The molecule has 0 aliphatic carbocycles. The zero-order valence-corrected chi connectivity index (χ0v) is 18.1. The van der Waals surface area contributed by atoms with Crippen molar-refractivity contribution in [3.63, 3.8) is 0 Å². The van der Waals surface area contributed by atoms with E-state index in [2.05, 4.69) is 32.1 Å². The van der Waals surface area contributed by atoms with Gasteiger partial charge < -0.3 is 9.88 Å². The van der Waals surface area contributed by atoms with Gasteiger partial charge >= 0.3 is 0 Å². The fourth-order valence-corrected chi connectivity index (χ4v) is 3.14. The van der Waals surface area contributed by atoms with E-state index in [0.717, 1.165) is 11.6 Å². The van der Waals surface area contributed by atoms with Crippen molar-refractivity contribution in [2.45, 2.75) is 33.2 Å². The summed E-state index contributed by atoms with van der Waals surface area (Å²) >= 11 is 0. The van der Waals surface area contributed by atoms with Crippen LogP contribution in [0, 0.1) is 24.6 Å². The Hall–Kier alpha value is -3.67. The van der Waals surface area contributed by atoms with Gasteiger partial charge in [-0.2, -0.15) is 0 Å². The third-order valence-electron chi connectivity index (χ3n) is 4.94. The Morgan fingerprint density at radius 2 is 2.03 bits per heavy atom. The lowest BCUT2D eigenvalue weighted by molar-refractivity contribution is -0.118. The number of aryl methyl sites for hydroxylation is 2. The van der Waals surface area contributed by atoms with Crippen LogP contribution in [0.25, 0.3) is 10.9 Å². The van der Waals surface area contributed by atoms with Crippen molar-refractivity contribution >= 4 is 16.8 Å². The van der Waals surface area contributed by atoms with Crippen LogP contribution in [0.2, 0.25) is 0 Å². The van der Waals surface area contributed by atoms with Gasteiger partial charge in [0.1, 0.15) is 17.3 Å². The maximum absolute atomic E-state index is 14.6. The normalized spacial score (nSPS) is 12.6. The Morgan fingerprint density at radius 3 is 2.72 bits per heavy atom. The number of hydrogen-bond acceptors (Lipinski definition) is 4. The number of pyridine rings is 1. The fourth-order valence-electron chi connectivity index (χ4n) is 3.14. The van der Waals surface area contributed by atoms with Crippen LogP contribution in [-0.2, 0) is 11.8 Å². The van der Waals surface area contributed by atoms with Crippen LogP contribution < -0.4 is 10.8 Å². The molecule has 0 spiro atoms. The van der Waals surface area contributed by atoms with Gasteiger partial charge in [0.2, 0.25) is 5.91 Å². The van der Waals surface area contributed by atoms with Gasteiger partial charge in [-0.1, -0.05) is 24.1 Å². The van der Waals surface area contributed by atoms with Crippen LogP contribution in [-0.4, -0.2) is 27.0 Å². The molecular formula is C23H22F3N5O. The first-order valence-corrected chi connectivity index (χ1v) is 9.86. The van der Waals surface area contributed by atoms with E-state index in [-0.39, 0.29) is 18.0 Å². The second-order valence-electron chi connectivity index (χ2n) is 7.20. The molecule has 3 rings (SSSR count). The number of carbonyl (C=O) groups is 1. The predicted molar refractivity (Wildman–Crippen MR) is 114 cm³/mol. The van der Waals surface area contributed by atoms with Crippen molar-refractivity contribution in [2.75, 3.05) is 6.54 Å². The maximum Gasteiger partial charge on any atom is 0.266 e. The molecule has 2 heterocycles. The highest BCUT2D eigenvalue weighted by atomic mass is 19.3. The highest BCUT2D eigenvalue weighted by molar-refractivity contribution is 5.78. The molecule has 32 heavy (non-hydrogen) atoms. The number of carbonyl (C=O) groups excluding carboxylic acids is 1. The summed E-state index contributed by atoms with van der Waals surface area (Å²) in [5, 5.41) is 3.21. The molecule has 1 N–H and O–H groups in total. The third kappa shape index (κ3) is 4.97. The molecule has 0 fully saturated rings. The smallest absolute Gasteiger partial charge is 0.266 e. The molecule has 9 heteroatoms. The van der Waals surface area contributed by atoms with Crippen molar-refractivity contribution in [2.24, 2.45) is 12.0 Å².